The zero-order valence-electron chi connectivity index (χ0n) is 15.1. The minimum absolute atomic E-state index is 0.0293. The number of carboxylic acid groups (broad SMARTS) is 1. The van der Waals surface area contributed by atoms with E-state index in [2.05, 4.69) is 15.8 Å². The van der Waals surface area contributed by atoms with Gasteiger partial charge in [0.15, 0.2) is 0 Å². The summed E-state index contributed by atoms with van der Waals surface area (Å²) in [5.74, 6) is -2.88. The fraction of sp³-hybridized carbons (Fsp3) is 0.263. The molecule has 5 nitrogen and oxygen atoms in total. The number of ether oxygens (including phenoxy) is 2. The maximum atomic E-state index is 13.0. The number of hydrogen-bond donors (Lipinski definition) is 1. The second-order valence-corrected chi connectivity index (χ2v) is 6.28. The van der Waals surface area contributed by atoms with E-state index in [0.717, 1.165) is 12.1 Å². The Morgan fingerprint density at radius 1 is 1.20 bits per heavy atom. The molecule has 0 aromatic heterocycles. The Kier molecular flexibility index (Phi) is 5.40. The van der Waals surface area contributed by atoms with E-state index >= 15 is 0 Å². The SMILES string of the molecule is CCc1cc(OC(F)(F)F)cc2c1OC(C(F)(F)F)C(C(=O)O)=C2.c1cc2cc-2n1. The summed E-state index contributed by atoms with van der Waals surface area (Å²) in [6.45, 7) is 1.50. The molecule has 0 saturated carbocycles. The Morgan fingerprint density at radius 2 is 1.90 bits per heavy atom. The molecule has 160 valence electrons. The summed E-state index contributed by atoms with van der Waals surface area (Å²) in [6.07, 6.45) is -10.2. The molecule has 1 aliphatic carbocycles. The summed E-state index contributed by atoms with van der Waals surface area (Å²) in [5.41, 5.74) is 1.17. The van der Waals surface area contributed by atoms with Crippen LogP contribution in [0.25, 0.3) is 17.3 Å². The predicted octanol–water partition coefficient (Wildman–Crippen LogP) is 5.00. The summed E-state index contributed by atoms with van der Waals surface area (Å²) in [6, 6.07) is 5.74. The number of carboxylic acids is 1. The minimum atomic E-state index is -5.00. The van der Waals surface area contributed by atoms with Crippen LogP contribution < -0.4 is 9.47 Å². The van der Waals surface area contributed by atoms with E-state index in [1.165, 1.54) is 18.2 Å². The summed E-state index contributed by atoms with van der Waals surface area (Å²) < 4.78 is 84.4. The molecule has 0 spiro atoms. The van der Waals surface area contributed by atoms with E-state index < -0.39 is 35.9 Å². The quantitative estimate of drug-likeness (QED) is 0.589. The highest BCUT2D eigenvalue weighted by Gasteiger charge is 2.49. The summed E-state index contributed by atoms with van der Waals surface area (Å²) in [5, 5.41) is 8.92. The zero-order chi connectivity index (χ0) is 22.3. The molecular formula is C19H13F6NO4. The second-order valence-electron chi connectivity index (χ2n) is 6.28. The van der Waals surface area contributed by atoms with Crippen molar-refractivity contribution in [1.82, 2.24) is 4.98 Å². The predicted molar refractivity (Wildman–Crippen MR) is 91.8 cm³/mol. The molecule has 1 N–H and O–H groups in total. The Hall–Kier alpha value is -3.24. The van der Waals surface area contributed by atoms with Crippen molar-refractivity contribution in [1.29, 1.82) is 0 Å². The number of aliphatic carboxylic acids is 1. The lowest BCUT2D eigenvalue weighted by Gasteiger charge is -2.28. The van der Waals surface area contributed by atoms with Crippen LogP contribution in [0.2, 0.25) is 0 Å². The molecule has 1 unspecified atom stereocenters. The third-order valence-corrected chi connectivity index (χ3v) is 4.13. The lowest BCUT2D eigenvalue weighted by atomic mass is 9.97. The maximum Gasteiger partial charge on any atom is 0.573 e. The maximum absolute atomic E-state index is 13.0. The number of aromatic nitrogens is 1. The van der Waals surface area contributed by atoms with Crippen molar-refractivity contribution in [2.75, 3.05) is 0 Å². The monoisotopic (exact) mass is 433 g/mol. The first kappa shape index (κ1) is 21.5. The van der Waals surface area contributed by atoms with Crippen molar-refractivity contribution >= 4 is 12.0 Å². The third-order valence-electron chi connectivity index (χ3n) is 4.13. The Bertz CT molecular complexity index is 996. The number of halogens is 6. The highest BCUT2D eigenvalue weighted by molar-refractivity contribution is 5.95. The zero-order valence-corrected chi connectivity index (χ0v) is 15.1. The van der Waals surface area contributed by atoms with E-state index in [-0.39, 0.29) is 23.3 Å². The molecule has 0 bridgehead atoms. The molecule has 2 heterocycles. The van der Waals surface area contributed by atoms with Gasteiger partial charge >= 0.3 is 18.5 Å². The number of alkyl halides is 6. The lowest BCUT2D eigenvalue weighted by Crippen LogP contribution is -2.40. The fourth-order valence-electron chi connectivity index (χ4n) is 2.79. The van der Waals surface area contributed by atoms with Crippen LogP contribution in [0.15, 0.2) is 36.0 Å². The van der Waals surface area contributed by atoms with Crippen molar-refractivity contribution in [3.8, 4) is 22.8 Å². The minimum Gasteiger partial charge on any atom is -0.478 e. The fourth-order valence-corrected chi connectivity index (χ4v) is 2.79. The first-order valence-corrected chi connectivity index (χ1v) is 8.46. The first-order valence-electron chi connectivity index (χ1n) is 8.46. The van der Waals surface area contributed by atoms with Crippen molar-refractivity contribution in [3.05, 3.63) is 47.2 Å². The topological polar surface area (TPSA) is 68.7 Å². The molecule has 3 aliphatic rings. The third kappa shape index (κ3) is 4.84. The number of rotatable bonds is 3. The number of carbonyl (C=O) groups is 1. The van der Waals surface area contributed by atoms with Crippen LogP contribution in [0.5, 0.6) is 11.5 Å². The van der Waals surface area contributed by atoms with Gasteiger partial charge in [0.2, 0.25) is 6.10 Å². The van der Waals surface area contributed by atoms with Gasteiger partial charge in [-0.25, -0.2) is 4.79 Å². The van der Waals surface area contributed by atoms with Crippen LogP contribution in [-0.2, 0) is 11.2 Å². The van der Waals surface area contributed by atoms with Crippen LogP contribution >= 0.6 is 0 Å². The molecule has 0 radical (unpaired) electrons. The average molecular weight is 433 g/mol. The smallest absolute Gasteiger partial charge is 0.478 e. The molecule has 1 aromatic carbocycles. The van der Waals surface area contributed by atoms with Gasteiger partial charge in [0.05, 0.1) is 11.3 Å². The van der Waals surface area contributed by atoms with Crippen molar-refractivity contribution in [3.63, 3.8) is 0 Å². The van der Waals surface area contributed by atoms with Crippen LogP contribution in [-0.4, -0.2) is 34.7 Å². The number of aryl methyl sites for hydroxylation is 1. The molecule has 4 rings (SSSR count). The van der Waals surface area contributed by atoms with Crippen molar-refractivity contribution in [2.24, 2.45) is 0 Å². The van der Waals surface area contributed by atoms with Gasteiger partial charge in [-0.05, 0) is 42.3 Å². The van der Waals surface area contributed by atoms with E-state index in [4.69, 9.17) is 9.84 Å². The summed E-state index contributed by atoms with van der Waals surface area (Å²) in [7, 11) is 0. The van der Waals surface area contributed by atoms with Crippen molar-refractivity contribution < 1.29 is 45.7 Å². The Morgan fingerprint density at radius 3 is 2.30 bits per heavy atom. The second kappa shape index (κ2) is 7.54. The molecule has 1 atom stereocenters. The lowest BCUT2D eigenvalue weighted by molar-refractivity contribution is -0.274. The molecule has 0 fully saturated rings. The normalized spacial score (nSPS) is 16.4. The molecular weight excluding hydrogens is 420 g/mol. The number of hydrogen-bond acceptors (Lipinski definition) is 4. The number of fused-ring (bicyclic) bond motifs is 2. The average Bonchev–Trinajstić information content (AvgIpc) is 3.23. The highest BCUT2D eigenvalue weighted by Crippen LogP contribution is 2.41. The first-order chi connectivity index (χ1) is 13.9. The molecule has 0 amide bonds. The molecule has 0 saturated heterocycles. The summed E-state index contributed by atoms with van der Waals surface area (Å²) >= 11 is 0. The van der Waals surface area contributed by atoms with Gasteiger partial charge in [-0.15, -0.1) is 13.2 Å². The molecule has 2 aliphatic heterocycles. The number of pyridine rings is 1. The van der Waals surface area contributed by atoms with Gasteiger partial charge in [0.1, 0.15) is 11.5 Å². The van der Waals surface area contributed by atoms with E-state index in [0.29, 0.717) is 6.08 Å². The van der Waals surface area contributed by atoms with Gasteiger partial charge in [-0.3, -0.25) is 4.98 Å². The van der Waals surface area contributed by atoms with Gasteiger partial charge in [-0.2, -0.15) is 13.2 Å². The van der Waals surface area contributed by atoms with Crippen molar-refractivity contribution in [2.45, 2.75) is 32.0 Å². The van der Waals surface area contributed by atoms with Crippen LogP contribution in [0, 0.1) is 0 Å². The van der Waals surface area contributed by atoms with Crippen LogP contribution in [0.1, 0.15) is 18.1 Å². The number of nitrogens with zero attached hydrogens (tertiary/aromatic N) is 1. The van der Waals surface area contributed by atoms with Gasteiger partial charge < -0.3 is 14.6 Å². The summed E-state index contributed by atoms with van der Waals surface area (Å²) in [4.78, 5) is 15.0. The highest BCUT2D eigenvalue weighted by atomic mass is 19.4. The Balaban J connectivity index is 0.000000357. The van der Waals surface area contributed by atoms with E-state index in [9.17, 15) is 31.1 Å². The van der Waals surface area contributed by atoms with Gasteiger partial charge in [0.25, 0.3) is 0 Å². The van der Waals surface area contributed by atoms with E-state index in [1.807, 2.05) is 12.3 Å². The number of benzene rings is 1. The largest absolute Gasteiger partial charge is 0.573 e. The van der Waals surface area contributed by atoms with Gasteiger partial charge in [-0.1, -0.05) is 6.92 Å². The standard InChI is InChI=1S/C14H10F6O4.C5H3N/c1-2-6-3-8(24-14(18,19)20)4-7-5-9(12(21)22)11(13(15,16)17)23-10(6)7;1-2-6-5-3-4(1)5/h3-5,11H,2H2,1H3,(H,21,22);1-3H. The molecule has 30 heavy (non-hydrogen) atoms. The molecule has 1 aromatic rings. The Labute approximate surface area is 165 Å². The van der Waals surface area contributed by atoms with E-state index in [1.54, 1.807) is 0 Å². The molecule has 11 heteroatoms. The van der Waals surface area contributed by atoms with Gasteiger partial charge in [0, 0.05) is 17.3 Å². The van der Waals surface area contributed by atoms with Crippen LogP contribution in [0.4, 0.5) is 26.3 Å². The van der Waals surface area contributed by atoms with Crippen LogP contribution in [0.3, 0.4) is 0 Å².